The van der Waals surface area contributed by atoms with Crippen LogP contribution in [0.3, 0.4) is 0 Å². The molecule has 0 saturated heterocycles. The standard InChI is InChI=1S/C11H17N5O/c1-5-12-11(3,4)9-14-10-13-7(2)6-8(17)16(10)15-9/h6,12H,5H2,1-4H3,(H,13,14,15). The van der Waals surface area contributed by atoms with Crippen molar-refractivity contribution in [3.05, 3.63) is 27.9 Å². The van der Waals surface area contributed by atoms with Gasteiger partial charge in [0.25, 0.3) is 11.3 Å². The second kappa shape index (κ2) is 3.96. The van der Waals surface area contributed by atoms with Gasteiger partial charge in [0.15, 0.2) is 0 Å². The minimum Gasteiger partial charge on any atom is -0.306 e. The second-order valence-corrected chi connectivity index (χ2v) is 4.60. The van der Waals surface area contributed by atoms with Gasteiger partial charge in [0.2, 0.25) is 0 Å². The summed E-state index contributed by atoms with van der Waals surface area (Å²) in [7, 11) is 0. The summed E-state index contributed by atoms with van der Waals surface area (Å²) in [6.07, 6.45) is 0. The Morgan fingerprint density at radius 2 is 2.18 bits per heavy atom. The average Bonchev–Trinajstić information content (AvgIpc) is 2.62. The summed E-state index contributed by atoms with van der Waals surface area (Å²) in [5, 5.41) is 6.28. The van der Waals surface area contributed by atoms with Crippen molar-refractivity contribution in [1.82, 2.24) is 24.9 Å². The average molecular weight is 235 g/mol. The minimum absolute atomic E-state index is 0.140. The fraction of sp³-hybridized carbons (Fsp3) is 0.545. The first-order chi connectivity index (χ1) is 7.94. The van der Waals surface area contributed by atoms with E-state index in [-0.39, 0.29) is 11.1 Å². The van der Waals surface area contributed by atoms with E-state index in [0.717, 1.165) is 6.54 Å². The molecule has 0 aliphatic carbocycles. The topological polar surface area (TPSA) is 75.1 Å². The van der Waals surface area contributed by atoms with Crippen molar-refractivity contribution in [2.45, 2.75) is 33.2 Å². The molecule has 0 atom stereocenters. The van der Waals surface area contributed by atoms with E-state index in [1.165, 1.54) is 10.6 Å². The molecule has 0 spiro atoms. The summed E-state index contributed by atoms with van der Waals surface area (Å²) in [5.41, 5.74) is 0.218. The Labute approximate surface area is 99.1 Å². The highest BCUT2D eigenvalue weighted by Gasteiger charge is 2.23. The lowest BCUT2D eigenvalue weighted by Crippen LogP contribution is -2.37. The number of rotatable bonds is 3. The zero-order valence-electron chi connectivity index (χ0n) is 10.5. The molecule has 2 aromatic rings. The van der Waals surface area contributed by atoms with E-state index < -0.39 is 0 Å². The molecule has 2 rings (SSSR count). The molecular formula is C11H17N5O. The van der Waals surface area contributed by atoms with Crippen LogP contribution in [0.2, 0.25) is 0 Å². The molecule has 0 aliphatic rings. The molecule has 2 N–H and O–H groups in total. The van der Waals surface area contributed by atoms with Gasteiger partial charge >= 0.3 is 0 Å². The number of aromatic nitrogens is 4. The van der Waals surface area contributed by atoms with E-state index >= 15 is 0 Å². The summed E-state index contributed by atoms with van der Waals surface area (Å²) in [5.74, 6) is 1.12. The Morgan fingerprint density at radius 3 is 2.82 bits per heavy atom. The van der Waals surface area contributed by atoms with Crippen molar-refractivity contribution in [3.8, 4) is 0 Å². The molecule has 0 radical (unpaired) electrons. The molecule has 6 nitrogen and oxygen atoms in total. The number of nitrogens with one attached hydrogen (secondary N) is 2. The fourth-order valence-corrected chi connectivity index (χ4v) is 1.80. The zero-order chi connectivity index (χ0) is 12.6. The Balaban J connectivity index is 2.59. The molecule has 92 valence electrons. The monoisotopic (exact) mass is 235 g/mol. The first-order valence-corrected chi connectivity index (χ1v) is 5.66. The van der Waals surface area contributed by atoms with Gasteiger partial charge in [-0.3, -0.25) is 9.89 Å². The van der Waals surface area contributed by atoms with Crippen LogP contribution < -0.4 is 10.9 Å². The molecule has 0 aromatic carbocycles. The number of aryl methyl sites for hydroxylation is 1. The third-order valence-corrected chi connectivity index (χ3v) is 2.67. The van der Waals surface area contributed by atoms with Gasteiger partial charge < -0.3 is 5.32 Å². The van der Waals surface area contributed by atoms with Gasteiger partial charge in [0, 0.05) is 11.8 Å². The number of nitrogens with zero attached hydrogens (tertiary/aromatic N) is 3. The summed E-state index contributed by atoms with van der Waals surface area (Å²) in [6, 6.07) is 1.48. The lowest BCUT2D eigenvalue weighted by molar-refractivity contribution is 0.391. The van der Waals surface area contributed by atoms with Crippen LogP contribution in [0.5, 0.6) is 0 Å². The molecule has 6 heteroatoms. The molecular weight excluding hydrogens is 218 g/mol. The summed E-state index contributed by atoms with van der Waals surface area (Å²) >= 11 is 0. The Hall–Kier alpha value is -1.69. The van der Waals surface area contributed by atoms with Gasteiger partial charge in [0.05, 0.1) is 5.54 Å². The van der Waals surface area contributed by atoms with E-state index in [4.69, 9.17) is 0 Å². The normalized spacial score (nSPS) is 12.2. The first-order valence-electron chi connectivity index (χ1n) is 5.66. The van der Waals surface area contributed by atoms with Crippen LogP contribution >= 0.6 is 0 Å². The summed E-state index contributed by atoms with van der Waals surface area (Å²) in [4.78, 5) is 20.3. The van der Waals surface area contributed by atoms with Crippen molar-refractivity contribution in [3.63, 3.8) is 0 Å². The zero-order valence-corrected chi connectivity index (χ0v) is 10.5. The van der Waals surface area contributed by atoms with Crippen LogP contribution in [0, 0.1) is 6.92 Å². The predicted molar refractivity (Wildman–Crippen MR) is 65.0 cm³/mol. The lowest BCUT2D eigenvalue weighted by atomic mass is 10.1. The highest BCUT2D eigenvalue weighted by atomic mass is 16.1. The maximum absolute atomic E-state index is 11.7. The minimum atomic E-state index is -0.317. The highest BCUT2D eigenvalue weighted by molar-refractivity contribution is 5.29. The predicted octanol–water partition coefficient (Wildman–Crippen LogP) is 0.571. The maximum atomic E-state index is 11.7. The molecule has 0 bridgehead atoms. The van der Waals surface area contributed by atoms with Gasteiger partial charge in [-0.1, -0.05) is 6.92 Å². The van der Waals surface area contributed by atoms with Crippen LogP contribution in [0.1, 0.15) is 32.3 Å². The smallest absolute Gasteiger partial charge is 0.274 e. The van der Waals surface area contributed by atoms with Crippen molar-refractivity contribution in [2.24, 2.45) is 0 Å². The third kappa shape index (κ3) is 2.08. The molecule has 0 aliphatic heterocycles. The van der Waals surface area contributed by atoms with Crippen LogP contribution in [0.25, 0.3) is 5.78 Å². The van der Waals surface area contributed by atoms with E-state index in [0.29, 0.717) is 17.3 Å². The van der Waals surface area contributed by atoms with Crippen LogP contribution in [-0.2, 0) is 5.54 Å². The van der Waals surface area contributed by atoms with Gasteiger partial charge in [-0.25, -0.2) is 4.98 Å². The SMILES string of the molecule is CCNC(C)(C)c1nc2nc(C)cc(=O)n2[nH]1. The molecule has 0 saturated carbocycles. The number of H-pyrrole nitrogens is 1. The van der Waals surface area contributed by atoms with Crippen molar-refractivity contribution in [1.29, 1.82) is 0 Å². The Bertz CT molecular complexity index is 595. The van der Waals surface area contributed by atoms with Crippen molar-refractivity contribution < 1.29 is 0 Å². The van der Waals surface area contributed by atoms with Gasteiger partial charge in [-0.15, -0.1) is 0 Å². The Morgan fingerprint density at radius 1 is 1.47 bits per heavy atom. The van der Waals surface area contributed by atoms with Gasteiger partial charge in [-0.05, 0) is 27.3 Å². The molecule has 2 aromatic heterocycles. The number of aromatic amines is 1. The highest BCUT2D eigenvalue weighted by Crippen LogP contribution is 2.15. The van der Waals surface area contributed by atoms with Crippen molar-refractivity contribution in [2.75, 3.05) is 6.54 Å². The lowest BCUT2D eigenvalue weighted by Gasteiger charge is -2.22. The molecule has 17 heavy (non-hydrogen) atoms. The van der Waals surface area contributed by atoms with Gasteiger partial charge in [0.1, 0.15) is 5.82 Å². The third-order valence-electron chi connectivity index (χ3n) is 2.67. The van der Waals surface area contributed by atoms with E-state index in [9.17, 15) is 4.79 Å². The fourth-order valence-electron chi connectivity index (χ4n) is 1.80. The molecule has 0 unspecified atom stereocenters. The van der Waals surface area contributed by atoms with Crippen LogP contribution in [-0.4, -0.2) is 26.1 Å². The first kappa shape index (κ1) is 11.8. The summed E-state index contributed by atoms with van der Waals surface area (Å²) in [6.45, 7) is 8.65. The Kier molecular flexibility index (Phi) is 2.74. The van der Waals surface area contributed by atoms with E-state index in [1.807, 2.05) is 20.8 Å². The molecule has 0 fully saturated rings. The second-order valence-electron chi connectivity index (χ2n) is 4.60. The molecule has 0 amide bonds. The van der Waals surface area contributed by atoms with Crippen LogP contribution in [0.15, 0.2) is 10.9 Å². The van der Waals surface area contributed by atoms with Crippen molar-refractivity contribution >= 4 is 5.78 Å². The number of fused-ring (bicyclic) bond motifs is 1. The quantitative estimate of drug-likeness (QED) is 0.815. The largest absolute Gasteiger partial charge is 0.306 e. The maximum Gasteiger partial charge on any atom is 0.274 e. The van der Waals surface area contributed by atoms with Crippen LogP contribution in [0.4, 0.5) is 0 Å². The van der Waals surface area contributed by atoms with E-state index in [2.05, 4.69) is 20.4 Å². The molecule has 2 heterocycles. The number of hydrogen-bond acceptors (Lipinski definition) is 4. The van der Waals surface area contributed by atoms with E-state index in [1.54, 1.807) is 6.92 Å². The van der Waals surface area contributed by atoms with Gasteiger partial charge in [-0.2, -0.15) is 9.50 Å². The number of hydrogen-bond donors (Lipinski definition) is 2. The summed E-state index contributed by atoms with van der Waals surface area (Å²) < 4.78 is 1.36.